The largest absolute Gasteiger partial charge is 0.494 e. The first-order chi connectivity index (χ1) is 10.8. The van der Waals surface area contributed by atoms with Crippen molar-refractivity contribution >= 4 is 24.2 Å². The summed E-state index contributed by atoms with van der Waals surface area (Å²) < 4.78 is 5.57. The van der Waals surface area contributed by atoms with Gasteiger partial charge in [0.1, 0.15) is 5.75 Å². The number of nitrogens with one attached hydrogen (secondary N) is 2. The first kappa shape index (κ1) is 22.2. The lowest BCUT2D eigenvalue weighted by atomic mass is 10.1. The predicted octanol–water partition coefficient (Wildman–Crippen LogP) is 1.53. The Morgan fingerprint density at radius 2 is 1.92 bits per heavy atom. The monoisotopic (exact) mass is 357 g/mol. The summed E-state index contributed by atoms with van der Waals surface area (Å²) in [5, 5.41) is 5.31. The molecule has 0 aliphatic carbocycles. The summed E-state index contributed by atoms with van der Waals surface area (Å²) in [6, 6.07) is 5.22. The van der Waals surface area contributed by atoms with Crippen LogP contribution in [-0.2, 0) is 16.1 Å². The Hall–Kier alpha value is -1.79. The second-order valence-corrected chi connectivity index (χ2v) is 5.81. The lowest BCUT2D eigenvalue weighted by Crippen LogP contribution is -2.47. The van der Waals surface area contributed by atoms with E-state index in [1.807, 2.05) is 45.9 Å². The Morgan fingerprint density at radius 1 is 1.25 bits per heavy atom. The van der Waals surface area contributed by atoms with Gasteiger partial charge in [0.2, 0.25) is 11.8 Å². The van der Waals surface area contributed by atoms with Gasteiger partial charge in [0.05, 0.1) is 19.2 Å². The standard InChI is InChI=1S/C17H27N3O3.ClH/c1-5-23-14-8-12(4)6-7-13(14)9-19-15(21)10-20-17(22)16(18)11(2)3;/h6-8,11,16H,5,9-10,18H2,1-4H3,(H,19,21)(H,20,22);1H/t16-;/m0./s1. The van der Waals surface area contributed by atoms with Crippen molar-refractivity contribution in [2.45, 2.75) is 40.3 Å². The molecule has 0 aliphatic rings. The predicted molar refractivity (Wildman–Crippen MR) is 97.3 cm³/mol. The summed E-state index contributed by atoms with van der Waals surface area (Å²) in [5.74, 6) is 0.204. The van der Waals surface area contributed by atoms with Gasteiger partial charge in [0, 0.05) is 12.1 Å². The van der Waals surface area contributed by atoms with Crippen LogP contribution in [-0.4, -0.2) is 31.0 Å². The molecule has 0 unspecified atom stereocenters. The van der Waals surface area contributed by atoms with E-state index in [0.717, 1.165) is 16.9 Å². The number of hydrogen-bond donors (Lipinski definition) is 3. The minimum absolute atomic E-state index is 0. The molecule has 0 heterocycles. The molecule has 1 aromatic rings. The van der Waals surface area contributed by atoms with Crippen molar-refractivity contribution in [1.29, 1.82) is 0 Å². The van der Waals surface area contributed by atoms with E-state index in [4.69, 9.17) is 10.5 Å². The van der Waals surface area contributed by atoms with E-state index in [1.54, 1.807) is 0 Å². The summed E-state index contributed by atoms with van der Waals surface area (Å²) in [6.07, 6.45) is 0. The van der Waals surface area contributed by atoms with E-state index in [0.29, 0.717) is 13.2 Å². The molecule has 136 valence electrons. The molecule has 2 amide bonds. The SMILES string of the molecule is CCOc1cc(C)ccc1CNC(=O)CNC(=O)[C@@H](N)C(C)C.Cl. The van der Waals surface area contributed by atoms with Crippen LogP contribution in [0.15, 0.2) is 18.2 Å². The van der Waals surface area contributed by atoms with Crippen LogP contribution in [0.25, 0.3) is 0 Å². The normalized spacial score (nSPS) is 11.4. The number of carbonyl (C=O) groups is 2. The van der Waals surface area contributed by atoms with Crippen molar-refractivity contribution in [2.75, 3.05) is 13.2 Å². The fourth-order valence-corrected chi connectivity index (χ4v) is 1.94. The van der Waals surface area contributed by atoms with Gasteiger partial charge in [-0.05, 0) is 31.4 Å². The van der Waals surface area contributed by atoms with Crippen LogP contribution in [0.5, 0.6) is 5.75 Å². The molecule has 0 fully saturated rings. The summed E-state index contributed by atoms with van der Waals surface area (Å²) >= 11 is 0. The van der Waals surface area contributed by atoms with Crippen molar-refractivity contribution in [3.05, 3.63) is 29.3 Å². The first-order valence-corrected chi connectivity index (χ1v) is 7.87. The van der Waals surface area contributed by atoms with Crippen LogP contribution in [0.2, 0.25) is 0 Å². The molecule has 7 heteroatoms. The molecule has 0 saturated heterocycles. The molecule has 1 aromatic carbocycles. The van der Waals surface area contributed by atoms with E-state index in [2.05, 4.69) is 10.6 Å². The van der Waals surface area contributed by atoms with Gasteiger partial charge in [0.25, 0.3) is 0 Å². The molecule has 4 N–H and O–H groups in total. The maximum absolute atomic E-state index is 11.8. The smallest absolute Gasteiger partial charge is 0.239 e. The molecule has 0 spiro atoms. The Labute approximate surface area is 149 Å². The molecule has 0 bridgehead atoms. The molecule has 6 nitrogen and oxygen atoms in total. The minimum Gasteiger partial charge on any atom is -0.494 e. The highest BCUT2D eigenvalue weighted by Gasteiger charge is 2.17. The molecular formula is C17H28ClN3O3. The summed E-state index contributed by atoms with van der Waals surface area (Å²) in [4.78, 5) is 23.5. The highest BCUT2D eigenvalue weighted by molar-refractivity contribution is 5.87. The van der Waals surface area contributed by atoms with Crippen molar-refractivity contribution in [2.24, 2.45) is 11.7 Å². The minimum atomic E-state index is -0.607. The van der Waals surface area contributed by atoms with Crippen LogP contribution in [0, 0.1) is 12.8 Å². The second kappa shape index (κ2) is 10.9. The average molecular weight is 358 g/mol. The Balaban J connectivity index is 0.00000529. The number of halogens is 1. The molecular weight excluding hydrogens is 330 g/mol. The summed E-state index contributed by atoms with van der Waals surface area (Å²) in [5.41, 5.74) is 7.71. The number of rotatable bonds is 8. The number of aryl methyl sites for hydroxylation is 1. The Kier molecular flexibility index (Phi) is 10.1. The van der Waals surface area contributed by atoms with Gasteiger partial charge >= 0.3 is 0 Å². The summed E-state index contributed by atoms with van der Waals surface area (Å²) in [7, 11) is 0. The highest BCUT2D eigenvalue weighted by atomic mass is 35.5. The van der Waals surface area contributed by atoms with E-state index in [-0.39, 0.29) is 36.7 Å². The van der Waals surface area contributed by atoms with E-state index in [1.165, 1.54) is 0 Å². The third kappa shape index (κ3) is 7.19. The highest BCUT2D eigenvalue weighted by Crippen LogP contribution is 2.20. The van der Waals surface area contributed by atoms with Gasteiger partial charge in [-0.1, -0.05) is 26.0 Å². The van der Waals surface area contributed by atoms with Gasteiger partial charge in [-0.2, -0.15) is 0 Å². The topological polar surface area (TPSA) is 93.5 Å². The molecule has 0 aromatic heterocycles. The average Bonchev–Trinajstić information content (AvgIpc) is 2.51. The fourth-order valence-electron chi connectivity index (χ4n) is 1.94. The number of benzene rings is 1. The fraction of sp³-hybridized carbons (Fsp3) is 0.529. The van der Waals surface area contributed by atoms with Crippen LogP contribution < -0.4 is 21.1 Å². The van der Waals surface area contributed by atoms with Gasteiger partial charge in [0.15, 0.2) is 0 Å². The maximum Gasteiger partial charge on any atom is 0.239 e. The number of amides is 2. The third-order valence-electron chi connectivity index (χ3n) is 3.44. The first-order valence-electron chi connectivity index (χ1n) is 7.87. The number of ether oxygens (including phenoxy) is 1. The zero-order chi connectivity index (χ0) is 17.4. The molecule has 1 atom stereocenters. The van der Waals surface area contributed by atoms with Crippen molar-refractivity contribution in [3.8, 4) is 5.75 Å². The number of hydrogen-bond acceptors (Lipinski definition) is 4. The van der Waals surface area contributed by atoms with E-state index >= 15 is 0 Å². The molecule has 0 radical (unpaired) electrons. The van der Waals surface area contributed by atoms with Crippen LogP contribution in [0.4, 0.5) is 0 Å². The van der Waals surface area contributed by atoms with Gasteiger partial charge in [-0.15, -0.1) is 12.4 Å². The summed E-state index contributed by atoms with van der Waals surface area (Å²) in [6.45, 7) is 8.44. The van der Waals surface area contributed by atoms with E-state index < -0.39 is 6.04 Å². The van der Waals surface area contributed by atoms with Gasteiger partial charge in [-0.25, -0.2) is 0 Å². The molecule has 24 heavy (non-hydrogen) atoms. The van der Waals surface area contributed by atoms with E-state index in [9.17, 15) is 9.59 Å². The number of carbonyl (C=O) groups excluding carboxylic acids is 2. The third-order valence-corrected chi connectivity index (χ3v) is 3.44. The van der Waals surface area contributed by atoms with Crippen molar-refractivity contribution in [3.63, 3.8) is 0 Å². The quantitative estimate of drug-likeness (QED) is 0.657. The Bertz CT molecular complexity index is 550. The van der Waals surface area contributed by atoms with Gasteiger partial charge < -0.3 is 21.1 Å². The van der Waals surface area contributed by atoms with Crippen molar-refractivity contribution < 1.29 is 14.3 Å². The zero-order valence-corrected chi connectivity index (χ0v) is 15.5. The van der Waals surface area contributed by atoms with Crippen LogP contribution >= 0.6 is 12.4 Å². The molecule has 0 saturated carbocycles. The van der Waals surface area contributed by atoms with Crippen molar-refractivity contribution in [1.82, 2.24) is 10.6 Å². The molecule has 0 aliphatic heterocycles. The van der Waals surface area contributed by atoms with Crippen LogP contribution in [0.3, 0.4) is 0 Å². The van der Waals surface area contributed by atoms with Gasteiger partial charge in [-0.3, -0.25) is 9.59 Å². The lowest BCUT2D eigenvalue weighted by molar-refractivity contribution is -0.127. The number of nitrogens with two attached hydrogens (primary N) is 1. The second-order valence-electron chi connectivity index (χ2n) is 5.81. The zero-order valence-electron chi connectivity index (χ0n) is 14.7. The Morgan fingerprint density at radius 3 is 2.50 bits per heavy atom. The van der Waals surface area contributed by atoms with Crippen LogP contribution in [0.1, 0.15) is 31.9 Å². The molecule has 1 rings (SSSR count). The lowest BCUT2D eigenvalue weighted by Gasteiger charge is -2.15. The maximum atomic E-state index is 11.8.